The van der Waals surface area contributed by atoms with Crippen LogP contribution in [0.25, 0.3) is 0 Å². The molecule has 3 rings (SSSR count). The summed E-state index contributed by atoms with van der Waals surface area (Å²) in [4.78, 5) is 0. The van der Waals surface area contributed by atoms with Gasteiger partial charge in [-0.2, -0.15) is 0 Å². The first kappa shape index (κ1) is 13.9. The fraction of sp³-hybridized carbons (Fsp3) is 1.00. The maximum atomic E-state index is 5.51. The van der Waals surface area contributed by atoms with E-state index in [1.54, 1.807) is 0 Å². The van der Waals surface area contributed by atoms with Gasteiger partial charge in [0.05, 0.1) is 12.2 Å². The minimum Gasteiger partial charge on any atom is -0.370 e. The smallest absolute Gasteiger partial charge is 0.0888 e. The highest BCUT2D eigenvalue weighted by Crippen LogP contribution is 2.58. The molecular formula is C18H32O. The van der Waals surface area contributed by atoms with Crippen molar-refractivity contribution in [1.82, 2.24) is 0 Å². The van der Waals surface area contributed by atoms with Gasteiger partial charge in [0.25, 0.3) is 0 Å². The van der Waals surface area contributed by atoms with Gasteiger partial charge in [-0.1, -0.05) is 39.5 Å². The molecule has 0 aromatic rings. The van der Waals surface area contributed by atoms with Crippen LogP contribution in [0.15, 0.2) is 0 Å². The Morgan fingerprint density at radius 3 is 2.68 bits per heavy atom. The van der Waals surface area contributed by atoms with Crippen LogP contribution in [-0.4, -0.2) is 12.2 Å². The van der Waals surface area contributed by atoms with Crippen molar-refractivity contribution in [2.75, 3.05) is 6.61 Å². The molecule has 0 spiro atoms. The molecule has 1 aliphatic heterocycles. The Morgan fingerprint density at radius 2 is 1.95 bits per heavy atom. The molecule has 1 saturated heterocycles. The standard InChI is InChI=1S/C18H32O/c1-14(7-6-11-17(2)13-19-17)16-10-9-15-8-4-5-12-18(15,16)3/h14-16H,4-13H2,1-3H3/t14-,15+,16-,17?,18-/m1/s1. The average Bonchev–Trinajstić information content (AvgIpc) is 2.99. The number of epoxide rings is 1. The molecule has 3 aliphatic rings. The zero-order valence-electron chi connectivity index (χ0n) is 13.2. The zero-order valence-corrected chi connectivity index (χ0v) is 13.2. The molecule has 19 heavy (non-hydrogen) atoms. The van der Waals surface area contributed by atoms with E-state index < -0.39 is 0 Å². The summed E-state index contributed by atoms with van der Waals surface area (Å²) in [5.41, 5.74) is 0.963. The van der Waals surface area contributed by atoms with Crippen molar-refractivity contribution in [3.8, 4) is 0 Å². The van der Waals surface area contributed by atoms with Gasteiger partial charge in [0.2, 0.25) is 0 Å². The summed E-state index contributed by atoms with van der Waals surface area (Å²) in [5.74, 6) is 2.99. The van der Waals surface area contributed by atoms with Crippen molar-refractivity contribution in [3.05, 3.63) is 0 Å². The van der Waals surface area contributed by atoms with Crippen LogP contribution in [0.2, 0.25) is 0 Å². The molecule has 0 bridgehead atoms. The van der Waals surface area contributed by atoms with Crippen molar-refractivity contribution in [2.24, 2.45) is 23.2 Å². The molecule has 110 valence electrons. The summed E-state index contributed by atoms with van der Waals surface area (Å²) in [6.45, 7) is 8.43. The summed E-state index contributed by atoms with van der Waals surface area (Å²) in [6, 6.07) is 0. The van der Waals surface area contributed by atoms with Gasteiger partial charge in [-0.15, -0.1) is 0 Å². The molecule has 1 unspecified atom stereocenters. The molecule has 1 heterocycles. The first-order chi connectivity index (χ1) is 9.04. The Labute approximate surface area is 119 Å². The molecular weight excluding hydrogens is 232 g/mol. The lowest BCUT2D eigenvalue weighted by atomic mass is 9.62. The van der Waals surface area contributed by atoms with Gasteiger partial charge >= 0.3 is 0 Å². The number of hydrogen-bond acceptors (Lipinski definition) is 1. The SMILES string of the molecule is C[C@H](CCCC1(C)CO1)[C@H]1CC[C@@H]2CCCC[C@]21C. The van der Waals surface area contributed by atoms with Gasteiger partial charge in [-0.05, 0) is 62.2 Å². The van der Waals surface area contributed by atoms with Crippen molar-refractivity contribution in [3.63, 3.8) is 0 Å². The highest BCUT2D eigenvalue weighted by atomic mass is 16.6. The maximum absolute atomic E-state index is 5.51. The minimum atomic E-state index is 0.271. The third kappa shape index (κ3) is 2.73. The lowest BCUT2D eigenvalue weighted by Crippen LogP contribution is -2.34. The van der Waals surface area contributed by atoms with E-state index in [1.807, 2.05) is 0 Å². The van der Waals surface area contributed by atoms with Gasteiger partial charge in [-0.25, -0.2) is 0 Å². The molecule has 0 aromatic heterocycles. The molecule has 0 N–H and O–H groups in total. The highest BCUT2D eigenvalue weighted by molar-refractivity contribution is 4.98. The molecule has 5 atom stereocenters. The van der Waals surface area contributed by atoms with E-state index in [4.69, 9.17) is 4.74 Å². The second-order valence-corrected chi connectivity index (χ2v) is 8.24. The van der Waals surface area contributed by atoms with Crippen LogP contribution in [0.5, 0.6) is 0 Å². The largest absolute Gasteiger partial charge is 0.370 e. The summed E-state index contributed by atoms with van der Waals surface area (Å²) in [6.07, 6.45) is 13.1. The molecule has 2 aliphatic carbocycles. The molecule has 1 nitrogen and oxygen atoms in total. The molecule has 0 aromatic carbocycles. The lowest BCUT2D eigenvalue weighted by Gasteiger charge is -2.43. The van der Waals surface area contributed by atoms with Crippen LogP contribution in [0.3, 0.4) is 0 Å². The highest BCUT2D eigenvalue weighted by Gasteiger charge is 2.48. The molecule has 0 radical (unpaired) electrons. The fourth-order valence-electron chi connectivity index (χ4n) is 5.30. The van der Waals surface area contributed by atoms with E-state index in [1.165, 1.54) is 57.8 Å². The predicted molar refractivity (Wildman–Crippen MR) is 80.2 cm³/mol. The summed E-state index contributed by atoms with van der Waals surface area (Å²) in [7, 11) is 0. The van der Waals surface area contributed by atoms with Crippen LogP contribution in [-0.2, 0) is 4.74 Å². The number of fused-ring (bicyclic) bond motifs is 1. The second-order valence-electron chi connectivity index (χ2n) is 8.24. The van der Waals surface area contributed by atoms with Crippen LogP contribution in [0, 0.1) is 23.2 Å². The maximum Gasteiger partial charge on any atom is 0.0888 e. The molecule has 2 saturated carbocycles. The van der Waals surface area contributed by atoms with E-state index in [2.05, 4.69) is 20.8 Å². The van der Waals surface area contributed by atoms with Crippen LogP contribution < -0.4 is 0 Å². The van der Waals surface area contributed by atoms with Gasteiger partial charge in [-0.3, -0.25) is 0 Å². The topological polar surface area (TPSA) is 12.5 Å². The van der Waals surface area contributed by atoms with E-state index in [-0.39, 0.29) is 5.60 Å². The van der Waals surface area contributed by atoms with Crippen LogP contribution >= 0.6 is 0 Å². The van der Waals surface area contributed by atoms with Crippen molar-refractivity contribution < 1.29 is 4.74 Å². The lowest BCUT2D eigenvalue weighted by molar-refractivity contribution is 0.0659. The second kappa shape index (κ2) is 5.06. The Balaban J connectivity index is 1.52. The monoisotopic (exact) mass is 264 g/mol. The summed E-state index contributed by atoms with van der Waals surface area (Å²) < 4.78 is 5.51. The minimum absolute atomic E-state index is 0.271. The van der Waals surface area contributed by atoms with E-state index >= 15 is 0 Å². The number of rotatable bonds is 5. The summed E-state index contributed by atoms with van der Waals surface area (Å²) in [5, 5.41) is 0. The van der Waals surface area contributed by atoms with E-state index in [0.717, 1.165) is 24.4 Å². The average molecular weight is 264 g/mol. The first-order valence-electron chi connectivity index (χ1n) is 8.67. The van der Waals surface area contributed by atoms with Crippen LogP contribution in [0.4, 0.5) is 0 Å². The van der Waals surface area contributed by atoms with Gasteiger partial charge < -0.3 is 4.74 Å². The third-order valence-corrected chi connectivity index (χ3v) is 6.81. The summed E-state index contributed by atoms with van der Waals surface area (Å²) >= 11 is 0. The van der Waals surface area contributed by atoms with Gasteiger partial charge in [0.1, 0.15) is 0 Å². The zero-order chi connectivity index (χ0) is 13.5. The number of hydrogen-bond donors (Lipinski definition) is 0. The molecule has 3 fully saturated rings. The molecule has 0 amide bonds. The van der Waals surface area contributed by atoms with Crippen molar-refractivity contribution in [1.29, 1.82) is 0 Å². The van der Waals surface area contributed by atoms with E-state index in [0.29, 0.717) is 5.41 Å². The first-order valence-corrected chi connectivity index (χ1v) is 8.67. The Bertz CT molecular complexity index is 320. The predicted octanol–water partition coefficient (Wildman–Crippen LogP) is 5.19. The van der Waals surface area contributed by atoms with Crippen molar-refractivity contribution in [2.45, 2.75) is 84.2 Å². The quantitative estimate of drug-likeness (QED) is 0.623. The van der Waals surface area contributed by atoms with Gasteiger partial charge in [0.15, 0.2) is 0 Å². The third-order valence-electron chi connectivity index (χ3n) is 6.81. The van der Waals surface area contributed by atoms with E-state index in [9.17, 15) is 0 Å². The van der Waals surface area contributed by atoms with Gasteiger partial charge in [0, 0.05) is 0 Å². The fourth-order valence-corrected chi connectivity index (χ4v) is 5.30. The van der Waals surface area contributed by atoms with Crippen LogP contribution in [0.1, 0.15) is 78.6 Å². The normalized spacial score (nSPS) is 46.9. The van der Waals surface area contributed by atoms with Crippen molar-refractivity contribution >= 4 is 0 Å². The Kier molecular flexibility index (Phi) is 3.71. The Hall–Kier alpha value is -0.0400. The Morgan fingerprint density at radius 1 is 1.16 bits per heavy atom. The molecule has 1 heteroatoms. The number of ether oxygens (including phenoxy) is 1.